The van der Waals surface area contributed by atoms with Gasteiger partial charge in [-0.25, -0.2) is 9.18 Å². The van der Waals surface area contributed by atoms with Crippen molar-refractivity contribution in [2.75, 3.05) is 0 Å². The Morgan fingerprint density at radius 1 is 1.48 bits per heavy atom. The predicted octanol–water partition coefficient (Wildman–Crippen LogP) is 3.43. The first-order chi connectivity index (χ1) is 10.0. The summed E-state index contributed by atoms with van der Waals surface area (Å²) in [6.45, 7) is 3.28. The van der Waals surface area contributed by atoms with Gasteiger partial charge < -0.3 is 9.30 Å². The van der Waals surface area contributed by atoms with Crippen LogP contribution in [0.2, 0.25) is 5.02 Å². The van der Waals surface area contributed by atoms with Crippen molar-refractivity contribution in [3.63, 3.8) is 0 Å². The van der Waals surface area contributed by atoms with Crippen molar-refractivity contribution in [3.8, 4) is 0 Å². The number of nitrogens with zero attached hydrogens (tertiary/aromatic N) is 1. The number of fused-ring (bicyclic) bond motifs is 1. The van der Waals surface area contributed by atoms with Gasteiger partial charge in [-0.05, 0) is 25.0 Å². The van der Waals surface area contributed by atoms with Crippen molar-refractivity contribution >= 4 is 28.5 Å². The molecule has 0 amide bonds. The van der Waals surface area contributed by atoms with Crippen LogP contribution in [0.5, 0.6) is 0 Å². The van der Waals surface area contributed by atoms with Gasteiger partial charge in [0.2, 0.25) is 5.43 Å². The maximum atomic E-state index is 13.6. The lowest BCUT2D eigenvalue weighted by atomic mass is 10.1. The van der Waals surface area contributed by atoms with Gasteiger partial charge in [0.05, 0.1) is 16.8 Å². The summed E-state index contributed by atoms with van der Waals surface area (Å²) in [6, 6.07) is 2.66. The smallest absolute Gasteiger partial charge is 0.348 e. The van der Waals surface area contributed by atoms with Gasteiger partial charge in [-0.2, -0.15) is 0 Å². The van der Waals surface area contributed by atoms with Gasteiger partial charge in [-0.3, -0.25) is 4.79 Å². The molecular weight excluding hydrogens is 297 g/mol. The molecule has 0 atom stereocenters. The number of hydrogen-bond donors (Lipinski definition) is 0. The molecule has 21 heavy (non-hydrogen) atoms. The van der Waals surface area contributed by atoms with Crippen LogP contribution in [0, 0.1) is 5.82 Å². The van der Waals surface area contributed by atoms with Crippen molar-refractivity contribution in [2.24, 2.45) is 0 Å². The molecule has 6 heteroatoms. The van der Waals surface area contributed by atoms with E-state index in [9.17, 15) is 14.0 Å². The molecule has 2 aromatic rings. The average Bonchev–Trinajstić information content (AvgIpc) is 3.26. The maximum Gasteiger partial charge on any atom is 0.348 e. The largest absolute Gasteiger partial charge is 0.431 e. The van der Waals surface area contributed by atoms with Gasteiger partial charge in [0.15, 0.2) is 0 Å². The Hall–Kier alpha value is -2.14. The highest BCUT2D eigenvalue weighted by atomic mass is 35.5. The molecule has 0 N–H and O–H groups in total. The number of benzene rings is 1. The van der Waals surface area contributed by atoms with Crippen LogP contribution in [-0.4, -0.2) is 10.5 Å². The first-order valence-electron chi connectivity index (χ1n) is 6.38. The molecule has 1 fully saturated rings. The molecule has 0 spiro atoms. The van der Waals surface area contributed by atoms with E-state index in [2.05, 4.69) is 11.3 Å². The number of ether oxygens (including phenoxy) is 1. The van der Waals surface area contributed by atoms with Crippen LogP contribution in [0.25, 0.3) is 10.9 Å². The van der Waals surface area contributed by atoms with E-state index >= 15 is 0 Å². The zero-order chi connectivity index (χ0) is 15.1. The molecule has 1 aromatic carbocycles. The Morgan fingerprint density at radius 2 is 2.19 bits per heavy atom. The first-order valence-corrected chi connectivity index (χ1v) is 6.76. The fourth-order valence-electron chi connectivity index (χ4n) is 2.28. The third-order valence-electron chi connectivity index (χ3n) is 3.42. The molecule has 0 radical (unpaired) electrons. The Balaban J connectivity index is 2.34. The van der Waals surface area contributed by atoms with Crippen molar-refractivity contribution in [1.29, 1.82) is 0 Å². The number of carbonyl (C=O) groups excluding carboxylic acids is 1. The lowest BCUT2D eigenvalue weighted by Crippen LogP contribution is -2.20. The molecule has 3 rings (SSSR count). The molecule has 0 unspecified atom stereocenters. The normalized spacial score (nSPS) is 14.2. The Bertz CT molecular complexity index is 824. The van der Waals surface area contributed by atoms with Crippen LogP contribution in [0.4, 0.5) is 4.39 Å². The predicted molar refractivity (Wildman–Crippen MR) is 77.1 cm³/mol. The molecule has 1 aliphatic carbocycles. The van der Waals surface area contributed by atoms with E-state index in [0.29, 0.717) is 5.52 Å². The van der Waals surface area contributed by atoms with Crippen molar-refractivity contribution < 1.29 is 13.9 Å². The topological polar surface area (TPSA) is 48.3 Å². The summed E-state index contributed by atoms with van der Waals surface area (Å²) in [6.07, 6.45) is 4.27. The minimum Gasteiger partial charge on any atom is -0.431 e. The Morgan fingerprint density at radius 3 is 2.81 bits per heavy atom. The number of pyridine rings is 1. The van der Waals surface area contributed by atoms with Crippen molar-refractivity contribution in [2.45, 2.75) is 18.9 Å². The minimum atomic E-state index is -0.804. The number of rotatable bonds is 3. The summed E-state index contributed by atoms with van der Waals surface area (Å²) in [4.78, 5) is 24.2. The van der Waals surface area contributed by atoms with Crippen molar-refractivity contribution in [1.82, 2.24) is 4.57 Å². The summed E-state index contributed by atoms with van der Waals surface area (Å²) in [5.74, 6) is -1.50. The Labute approximate surface area is 124 Å². The fourth-order valence-corrected chi connectivity index (χ4v) is 2.44. The van der Waals surface area contributed by atoms with Crippen LogP contribution < -0.4 is 5.43 Å². The highest BCUT2D eigenvalue weighted by Gasteiger charge is 2.27. The molecule has 0 saturated heterocycles. The average molecular weight is 308 g/mol. The van der Waals surface area contributed by atoms with Gasteiger partial charge in [0, 0.05) is 17.6 Å². The van der Waals surface area contributed by atoms with Crippen LogP contribution >= 0.6 is 11.6 Å². The Kier molecular flexibility index (Phi) is 3.29. The molecule has 4 nitrogen and oxygen atoms in total. The number of halogens is 2. The summed E-state index contributed by atoms with van der Waals surface area (Å²) in [5, 5.41) is 0.0556. The summed E-state index contributed by atoms with van der Waals surface area (Å²) < 4.78 is 20.1. The molecule has 1 saturated carbocycles. The highest BCUT2D eigenvalue weighted by molar-refractivity contribution is 6.31. The van der Waals surface area contributed by atoms with Crippen LogP contribution in [0.15, 0.2) is 36.0 Å². The fraction of sp³-hybridized carbons (Fsp3) is 0.200. The SMILES string of the molecule is C=COC(=O)c1cn(C2CC2)c2cc(Cl)c(F)cc2c1=O. The van der Waals surface area contributed by atoms with E-state index in [-0.39, 0.29) is 22.0 Å². The molecule has 108 valence electrons. The van der Waals surface area contributed by atoms with E-state index in [1.54, 1.807) is 4.57 Å². The molecule has 1 aliphatic rings. The number of carbonyl (C=O) groups is 1. The summed E-state index contributed by atoms with van der Waals surface area (Å²) in [5.41, 5.74) is -0.204. The molecule has 0 bridgehead atoms. The second-order valence-corrected chi connectivity index (χ2v) is 5.27. The summed E-state index contributed by atoms with van der Waals surface area (Å²) >= 11 is 5.79. The van der Waals surface area contributed by atoms with Gasteiger partial charge in [-0.1, -0.05) is 18.2 Å². The number of aromatic nitrogens is 1. The van der Waals surface area contributed by atoms with Gasteiger partial charge in [0.1, 0.15) is 11.4 Å². The zero-order valence-electron chi connectivity index (χ0n) is 10.9. The second-order valence-electron chi connectivity index (χ2n) is 4.87. The van der Waals surface area contributed by atoms with Gasteiger partial charge >= 0.3 is 5.97 Å². The third kappa shape index (κ3) is 2.34. The number of hydrogen-bond acceptors (Lipinski definition) is 3. The van der Waals surface area contributed by atoms with Gasteiger partial charge in [-0.15, -0.1) is 0 Å². The highest BCUT2D eigenvalue weighted by Crippen LogP contribution is 2.37. The molecule has 1 heterocycles. The second kappa shape index (κ2) is 5.00. The van der Waals surface area contributed by atoms with E-state index < -0.39 is 17.2 Å². The van der Waals surface area contributed by atoms with E-state index in [4.69, 9.17) is 11.6 Å². The number of esters is 1. The molecular formula is C15H11ClFNO3. The lowest BCUT2D eigenvalue weighted by Gasteiger charge is -2.12. The van der Waals surface area contributed by atoms with Crippen LogP contribution in [-0.2, 0) is 4.74 Å². The minimum absolute atomic E-state index is 0.0577. The van der Waals surface area contributed by atoms with Crippen LogP contribution in [0.3, 0.4) is 0 Å². The van der Waals surface area contributed by atoms with E-state index in [1.807, 2.05) is 0 Å². The standard InChI is InChI=1S/C15H11ClFNO3/c1-2-21-15(20)10-7-18(8-3-4-8)13-6-11(16)12(17)5-9(13)14(10)19/h2,5-8H,1,3-4H2. The van der Waals surface area contributed by atoms with E-state index in [1.165, 1.54) is 12.3 Å². The van der Waals surface area contributed by atoms with Gasteiger partial charge in [0.25, 0.3) is 0 Å². The van der Waals surface area contributed by atoms with Crippen molar-refractivity contribution in [3.05, 3.63) is 57.8 Å². The van der Waals surface area contributed by atoms with E-state index in [0.717, 1.165) is 25.2 Å². The maximum absolute atomic E-state index is 13.6. The lowest BCUT2D eigenvalue weighted by molar-refractivity contribution is 0.0662. The molecule has 0 aliphatic heterocycles. The third-order valence-corrected chi connectivity index (χ3v) is 3.71. The first kappa shape index (κ1) is 13.8. The zero-order valence-corrected chi connectivity index (χ0v) is 11.7. The monoisotopic (exact) mass is 307 g/mol. The quantitative estimate of drug-likeness (QED) is 0.645. The van der Waals surface area contributed by atoms with Crippen LogP contribution in [0.1, 0.15) is 29.2 Å². The summed E-state index contributed by atoms with van der Waals surface area (Å²) in [7, 11) is 0. The molecule has 1 aromatic heterocycles.